The lowest BCUT2D eigenvalue weighted by Gasteiger charge is -2.32. The number of likely N-dealkylation sites (N-methyl/N-ethyl adjacent to an activating group) is 1. The van der Waals surface area contributed by atoms with E-state index in [0.717, 1.165) is 24.0 Å². The standard InChI is InChI=1S/C30H38N4O5/c1-20(21-9-4-3-5-10-21)26-29(37)32-16-8-12-22-11-6-7-13-25(22)39-18-17-31-27(23-14-15-23)30(38)34(2)24(19-35)28(36)33-26/h3-13,20,23-24,26-27,31,35H,14-19H2,1-2H3,(H,32,37)(H,33,36)/t20?,24-,26+,27-/m0/s1. The number of rotatable bonds is 4. The molecule has 0 radical (unpaired) electrons. The molecule has 9 heteroatoms. The van der Waals surface area contributed by atoms with Crippen molar-refractivity contribution in [3.63, 3.8) is 0 Å². The van der Waals surface area contributed by atoms with Crippen molar-refractivity contribution in [2.75, 3.05) is 33.4 Å². The zero-order chi connectivity index (χ0) is 27.8. The smallest absolute Gasteiger partial charge is 0.245 e. The Bertz CT molecular complexity index is 1170. The minimum atomic E-state index is -1.14. The topological polar surface area (TPSA) is 120 Å². The molecule has 1 saturated carbocycles. The third kappa shape index (κ3) is 7.25. The van der Waals surface area contributed by atoms with Gasteiger partial charge in [0.15, 0.2) is 0 Å². The van der Waals surface area contributed by atoms with Crippen molar-refractivity contribution in [2.45, 2.75) is 43.8 Å². The van der Waals surface area contributed by atoms with Gasteiger partial charge in [0.1, 0.15) is 24.4 Å². The molecule has 9 nitrogen and oxygen atoms in total. The minimum absolute atomic E-state index is 0.166. The SMILES string of the molecule is CC(c1ccccc1)[C@H]1NC(=O)[C@H](CO)N(C)C(=O)[C@H](C2CC2)NCCOc2ccccc2C=CCNC1=O. The molecule has 1 aliphatic carbocycles. The second-order valence-electron chi connectivity index (χ2n) is 10.1. The van der Waals surface area contributed by atoms with Crippen molar-refractivity contribution in [1.29, 1.82) is 0 Å². The van der Waals surface area contributed by atoms with E-state index in [1.807, 2.05) is 73.7 Å². The van der Waals surface area contributed by atoms with E-state index < -0.39 is 30.6 Å². The predicted octanol–water partition coefficient (Wildman–Crippen LogP) is 1.68. The highest BCUT2D eigenvalue weighted by atomic mass is 16.5. The number of fused-ring (bicyclic) bond motifs is 1. The molecule has 1 fully saturated rings. The number of nitrogens with one attached hydrogen (secondary N) is 3. The number of carbonyl (C=O) groups is 3. The van der Waals surface area contributed by atoms with Crippen LogP contribution in [0.5, 0.6) is 5.75 Å². The van der Waals surface area contributed by atoms with Gasteiger partial charge in [-0.25, -0.2) is 0 Å². The Labute approximate surface area is 229 Å². The van der Waals surface area contributed by atoms with Crippen LogP contribution in [0.1, 0.15) is 36.8 Å². The van der Waals surface area contributed by atoms with Gasteiger partial charge < -0.3 is 30.7 Å². The summed E-state index contributed by atoms with van der Waals surface area (Å²) in [5.74, 6) is -0.705. The summed E-state index contributed by atoms with van der Waals surface area (Å²) in [6, 6.07) is 14.5. The molecule has 1 aliphatic heterocycles. The van der Waals surface area contributed by atoms with E-state index in [0.29, 0.717) is 18.9 Å². The zero-order valence-corrected chi connectivity index (χ0v) is 22.5. The summed E-state index contributed by atoms with van der Waals surface area (Å²) in [4.78, 5) is 41.5. The Morgan fingerprint density at radius 2 is 1.74 bits per heavy atom. The summed E-state index contributed by atoms with van der Waals surface area (Å²) in [6.07, 6.45) is 5.55. The predicted molar refractivity (Wildman–Crippen MR) is 149 cm³/mol. The number of nitrogens with zero attached hydrogens (tertiary/aromatic N) is 1. The fourth-order valence-electron chi connectivity index (χ4n) is 4.84. The molecule has 1 unspecified atom stereocenters. The molecular formula is C30H38N4O5. The Kier molecular flexibility index (Phi) is 9.73. The Morgan fingerprint density at radius 1 is 1.03 bits per heavy atom. The monoisotopic (exact) mass is 534 g/mol. The number of ether oxygens (including phenoxy) is 1. The summed E-state index contributed by atoms with van der Waals surface area (Å²) in [6.45, 7) is 2.34. The number of hydrogen-bond donors (Lipinski definition) is 4. The molecule has 2 aliphatic rings. The number of aliphatic hydroxyl groups is 1. The first-order valence-corrected chi connectivity index (χ1v) is 13.5. The van der Waals surface area contributed by atoms with E-state index in [4.69, 9.17) is 4.74 Å². The van der Waals surface area contributed by atoms with Crippen molar-refractivity contribution in [3.8, 4) is 5.75 Å². The van der Waals surface area contributed by atoms with Crippen LogP contribution >= 0.6 is 0 Å². The van der Waals surface area contributed by atoms with E-state index in [-0.39, 0.29) is 30.2 Å². The van der Waals surface area contributed by atoms with Crippen LogP contribution in [0, 0.1) is 5.92 Å². The number of hydrogen-bond acceptors (Lipinski definition) is 6. The van der Waals surface area contributed by atoms with Crippen LogP contribution in [-0.2, 0) is 14.4 Å². The van der Waals surface area contributed by atoms with Gasteiger partial charge in [-0.1, -0.05) is 67.6 Å². The highest BCUT2D eigenvalue weighted by molar-refractivity contribution is 5.93. The molecule has 208 valence electrons. The molecule has 2 aromatic carbocycles. The molecule has 0 spiro atoms. The lowest BCUT2D eigenvalue weighted by atomic mass is 9.92. The third-order valence-corrected chi connectivity index (χ3v) is 7.39. The molecule has 4 N–H and O–H groups in total. The number of amides is 3. The van der Waals surface area contributed by atoms with Crippen LogP contribution in [0.15, 0.2) is 60.7 Å². The summed E-state index contributed by atoms with van der Waals surface area (Å²) in [7, 11) is 1.52. The fourth-order valence-corrected chi connectivity index (χ4v) is 4.84. The first-order valence-electron chi connectivity index (χ1n) is 13.5. The summed E-state index contributed by atoms with van der Waals surface area (Å²) in [5.41, 5.74) is 1.75. The minimum Gasteiger partial charge on any atom is -0.492 e. The fraction of sp³-hybridized carbons (Fsp3) is 0.433. The normalized spacial score (nSPS) is 24.4. The maximum atomic E-state index is 13.5. The molecule has 4 rings (SSSR count). The van der Waals surface area contributed by atoms with Crippen LogP contribution in [0.3, 0.4) is 0 Å². The molecule has 1 heterocycles. The van der Waals surface area contributed by atoms with Crippen LogP contribution in [-0.4, -0.2) is 79.2 Å². The van der Waals surface area contributed by atoms with Gasteiger partial charge in [0.05, 0.1) is 12.6 Å². The van der Waals surface area contributed by atoms with Crippen molar-refractivity contribution in [1.82, 2.24) is 20.9 Å². The second-order valence-corrected chi connectivity index (χ2v) is 10.1. The van der Waals surface area contributed by atoms with E-state index in [2.05, 4.69) is 16.0 Å². The Balaban J connectivity index is 1.63. The molecule has 39 heavy (non-hydrogen) atoms. The van der Waals surface area contributed by atoms with E-state index in [1.54, 1.807) is 0 Å². The summed E-state index contributed by atoms with van der Waals surface area (Å²) >= 11 is 0. The quantitative estimate of drug-likeness (QED) is 0.474. The maximum Gasteiger partial charge on any atom is 0.245 e. The van der Waals surface area contributed by atoms with Crippen molar-refractivity contribution < 1.29 is 24.2 Å². The van der Waals surface area contributed by atoms with Crippen LogP contribution in [0.25, 0.3) is 6.08 Å². The lowest BCUT2D eigenvalue weighted by Crippen LogP contribution is -2.59. The van der Waals surface area contributed by atoms with Gasteiger partial charge in [0.25, 0.3) is 0 Å². The van der Waals surface area contributed by atoms with E-state index >= 15 is 0 Å². The average Bonchev–Trinajstić information content (AvgIpc) is 3.79. The molecule has 0 saturated heterocycles. The molecule has 4 atom stereocenters. The molecule has 0 aromatic heterocycles. The first kappa shape index (κ1) is 28.3. The van der Waals surface area contributed by atoms with Gasteiger partial charge in [0.2, 0.25) is 17.7 Å². The lowest BCUT2D eigenvalue weighted by molar-refractivity contribution is -0.143. The number of para-hydroxylation sites is 1. The number of benzene rings is 2. The highest BCUT2D eigenvalue weighted by Gasteiger charge is 2.40. The maximum absolute atomic E-state index is 13.5. The van der Waals surface area contributed by atoms with Crippen molar-refractivity contribution >= 4 is 23.8 Å². The molecule has 2 aromatic rings. The van der Waals surface area contributed by atoms with Gasteiger partial charge in [-0.2, -0.15) is 0 Å². The highest BCUT2D eigenvalue weighted by Crippen LogP contribution is 2.33. The van der Waals surface area contributed by atoms with Gasteiger partial charge >= 0.3 is 0 Å². The third-order valence-electron chi connectivity index (χ3n) is 7.39. The molecule has 3 amide bonds. The van der Waals surface area contributed by atoms with Gasteiger partial charge in [-0.05, 0) is 30.4 Å². The van der Waals surface area contributed by atoms with Crippen LogP contribution in [0.4, 0.5) is 0 Å². The zero-order valence-electron chi connectivity index (χ0n) is 22.5. The number of aliphatic hydroxyl groups excluding tert-OH is 1. The summed E-state index contributed by atoms with van der Waals surface area (Å²) < 4.78 is 5.99. The second kappa shape index (κ2) is 13.4. The van der Waals surface area contributed by atoms with Gasteiger partial charge in [0, 0.05) is 31.6 Å². The summed E-state index contributed by atoms with van der Waals surface area (Å²) in [5, 5.41) is 19.2. The first-order chi connectivity index (χ1) is 18.9. The van der Waals surface area contributed by atoms with Crippen molar-refractivity contribution in [3.05, 3.63) is 71.8 Å². The average molecular weight is 535 g/mol. The molecule has 0 bridgehead atoms. The van der Waals surface area contributed by atoms with Crippen LogP contribution in [0.2, 0.25) is 0 Å². The molecular weight excluding hydrogens is 496 g/mol. The Morgan fingerprint density at radius 3 is 2.46 bits per heavy atom. The van der Waals surface area contributed by atoms with E-state index in [9.17, 15) is 19.5 Å². The largest absolute Gasteiger partial charge is 0.492 e. The Hall–Kier alpha value is -3.69. The van der Waals surface area contributed by atoms with Gasteiger partial charge in [-0.3, -0.25) is 14.4 Å². The number of carbonyl (C=O) groups excluding carboxylic acids is 3. The van der Waals surface area contributed by atoms with Crippen LogP contribution < -0.4 is 20.7 Å². The van der Waals surface area contributed by atoms with Crippen molar-refractivity contribution in [2.24, 2.45) is 5.92 Å². The van der Waals surface area contributed by atoms with E-state index in [1.165, 1.54) is 11.9 Å². The van der Waals surface area contributed by atoms with Gasteiger partial charge in [-0.15, -0.1) is 0 Å².